The third-order valence-electron chi connectivity index (χ3n) is 2.73. The molecule has 0 atom stereocenters. The number of benzene rings is 1. The van der Waals surface area contributed by atoms with Crippen LogP contribution in [0.5, 0.6) is 0 Å². The molecule has 18 heavy (non-hydrogen) atoms. The molecule has 0 unspecified atom stereocenters. The molecule has 0 aliphatic rings. The summed E-state index contributed by atoms with van der Waals surface area (Å²) in [5.74, 6) is -0.254. The van der Waals surface area contributed by atoms with E-state index in [1.54, 1.807) is 11.3 Å². The van der Waals surface area contributed by atoms with Gasteiger partial charge >= 0.3 is 5.97 Å². The average Bonchev–Trinajstić information content (AvgIpc) is 2.86. The second kappa shape index (κ2) is 5.78. The summed E-state index contributed by atoms with van der Waals surface area (Å²) in [7, 11) is 1.39. The van der Waals surface area contributed by atoms with E-state index in [2.05, 4.69) is 28.8 Å². The summed E-state index contributed by atoms with van der Waals surface area (Å²) in [4.78, 5) is 15.7. The monoisotopic (exact) mass is 261 g/mol. The second-order valence-electron chi connectivity index (χ2n) is 3.91. The number of carbonyl (C=O) groups is 1. The van der Waals surface area contributed by atoms with E-state index in [0.29, 0.717) is 0 Å². The minimum atomic E-state index is -0.254. The van der Waals surface area contributed by atoms with Gasteiger partial charge in [0, 0.05) is 10.9 Å². The Morgan fingerprint density at radius 2 is 2.17 bits per heavy atom. The predicted octanol–water partition coefficient (Wildman–Crippen LogP) is 3.09. The maximum absolute atomic E-state index is 11.2. The van der Waals surface area contributed by atoms with Crippen molar-refractivity contribution in [2.75, 3.05) is 7.11 Å². The van der Waals surface area contributed by atoms with Crippen LogP contribution in [0.15, 0.2) is 29.6 Å². The van der Waals surface area contributed by atoms with Crippen molar-refractivity contribution in [3.8, 4) is 10.6 Å². The number of hydrogen-bond acceptors (Lipinski definition) is 4. The van der Waals surface area contributed by atoms with Gasteiger partial charge in [0.15, 0.2) is 0 Å². The summed E-state index contributed by atoms with van der Waals surface area (Å²) in [6.07, 6.45) is 1.21. The number of methoxy groups -OCH3 is 1. The fraction of sp³-hybridized carbons (Fsp3) is 0.286. The van der Waals surface area contributed by atoms with Crippen molar-refractivity contribution in [3.63, 3.8) is 0 Å². The van der Waals surface area contributed by atoms with Crippen LogP contribution in [0.3, 0.4) is 0 Å². The zero-order chi connectivity index (χ0) is 13.0. The van der Waals surface area contributed by atoms with Gasteiger partial charge in [-0.05, 0) is 12.0 Å². The Kier molecular flexibility index (Phi) is 4.10. The molecule has 0 saturated carbocycles. The quantitative estimate of drug-likeness (QED) is 0.794. The van der Waals surface area contributed by atoms with Crippen LogP contribution in [0.2, 0.25) is 0 Å². The minimum absolute atomic E-state index is 0.237. The molecule has 2 rings (SSSR count). The molecule has 0 spiro atoms. The lowest BCUT2D eigenvalue weighted by atomic mass is 10.1. The Bertz CT molecular complexity index is 548. The smallest absolute Gasteiger partial charge is 0.311 e. The number of aryl methyl sites for hydroxylation is 1. The zero-order valence-electron chi connectivity index (χ0n) is 10.5. The summed E-state index contributed by atoms with van der Waals surface area (Å²) >= 11 is 1.57. The molecule has 0 radical (unpaired) electrons. The van der Waals surface area contributed by atoms with E-state index in [0.717, 1.165) is 22.7 Å². The van der Waals surface area contributed by atoms with E-state index in [4.69, 9.17) is 0 Å². The summed E-state index contributed by atoms with van der Waals surface area (Å²) in [6, 6.07) is 8.22. The maximum Gasteiger partial charge on any atom is 0.311 e. The molecule has 0 aliphatic heterocycles. The first kappa shape index (κ1) is 12.8. The molecule has 1 aromatic heterocycles. The summed E-state index contributed by atoms with van der Waals surface area (Å²) in [6.45, 7) is 2.13. The number of nitrogens with zero attached hydrogens (tertiary/aromatic N) is 1. The molecule has 0 saturated heterocycles. The number of thiazole rings is 1. The molecular weight excluding hydrogens is 246 g/mol. The summed E-state index contributed by atoms with van der Waals surface area (Å²) in [5.41, 5.74) is 3.20. The highest BCUT2D eigenvalue weighted by Gasteiger charge is 2.10. The molecule has 0 bridgehead atoms. The van der Waals surface area contributed by atoms with E-state index in [9.17, 15) is 4.79 Å². The number of carbonyl (C=O) groups excluding carboxylic acids is 1. The fourth-order valence-electron chi connectivity index (χ4n) is 1.77. The lowest BCUT2D eigenvalue weighted by molar-refractivity contribution is -0.139. The van der Waals surface area contributed by atoms with Crippen LogP contribution in [-0.4, -0.2) is 18.1 Å². The van der Waals surface area contributed by atoms with Gasteiger partial charge in [0.25, 0.3) is 0 Å². The number of esters is 1. The second-order valence-corrected chi connectivity index (χ2v) is 4.77. The molecule has 0 N–H and O–H groups in total. The average molecular weight is 261 g/mol. The Hall–Kier alpha value is -1.68. The van der Waals surface area contributed by atoms with Crippen molar-refractivity contribution in [2.24, 2.45) is 0 Å². The Balaban J connectivity index is 2.26. The predicted molar refractivity (Wildman–Crippen MR) is 72.6 cm³/mol. The molecule has 0 aliphatic carbocycles. The molecule has 1 heterocycles. The van der Waals surface area contributed by atoms with Crippen molar-refractivity contribution in [3.05, 3.63) is 40.9 Å². The van der Waals surface area contributed by atoms with Crippen molar-refractivity contribution < 1.29 is 9.53 Å². The molecule has 94 valence electrons. The topological polar surface area (TPSA) is 39.2 Å². The van der Waals surface area contributed by atoms with Gasteiger partial charge in [0.1, 0.15) is 5.01 Å². The highest BCUT2D eigenvalue weighted by atomic mass is 32.1. The zero-order valence-corrected chi connectivity index (χ0v) is 11.3. The summed E-state index contributed by atoms with van der Waals surface area (Å²) in [5, 5.41) is 2.88. The van der Waals surface area contributed by atoms with Crippen molar-refractivity contribution >= 4 is 17.3 Å². The van der Waals surface area contributed by atoms with Crippen LogP contribution in [0.4, 0.5) is 0 Å². The first-order valence-electron chi connectivity index (χ1n) is 5.84. The Morgan fingerprint density at radius 3 is 2.89 bits per heavy atom. The molecule has 2 aromatic rings. The van der Waals surface area contributed by atoms with Gasteiger partial charge in [-0.3, -0.25) is 4.79 Å². The Morgan fingerprint density at radius 1 is 1.39 bits per heavy atom. The van der Waals surface area contributed by atoms with E-state index < -0.39 is 0 Å². The van der Waals surface area contributed by atoms with Gasteiger partial charge in [0.2, 0.25) is 0 Å². The molecule has 0 fully saturated rings. The molecule has 0 amide bonds. The standard InChI is InChI=1S/C14H15NO2S/c1-3-10-6-4-5-7-12(10)14-15-11(9-18-14)8-13(16)17-2/h4-7,9H,3,8H2,1-2H3. The maximum atomic E-state index is 11.2. The van der Waals surface area contributed by atoms with Crippen LogP contribution < -0.4 is 0 Å². The van der Waals surface area contributed by atoms with Gasteiger partial charge < -0.3 is 4.74 Å². The SMILES string of the molecule is CCc1ccccc1-c1nc(CC(=O)OC)cs1. The van der Waals surface area contributed by atoms with Crippen LogP contribution in [0.25, 0.3) is 10.6 Å². The largest absolute Gasteiger partial charge is 0.469 e. The van der Waals surface area contributed by atoms with E-state index >= 15 is 0 Å². The third-order valence-corrected chi connectivity index (χ3v) is 3.66. The van der Waals surface area contributed by atoms with Crippen LogP contribution >= 0.6 is 11.3 Å². The minimum Gasteiger partial charge on any atom is -0.469 e. The van der Waals surface area contributed by atoms with Crippen molar-refractivity contribution in [1.29, 1.82) is 0 Å². The van der Waals surface area contributed by atoms with E-state index in [1.165, 1.54) is 12.7 Å². The normalized spacial score (nSPS) is 10.3. The molecule has 3 nitrogen and oxygen atoms in total. The van der Waals surface area contributed by atoms with Crippen molar-refractivity contribution in [1.82, 2.24) is 4.98 Å². The number of ether oxygens (including phenoxy) is 1. The third kappa shape index (κ3) is 2.76. The highest BCUT2D eigenvalue weighted by molar-refractivity contribution is 7.13. The number of hydrogen-bond donors (Lipinski definition) is 0. The fourth-order valence-corrected chi connectivity index (χ4v) is 2.65. The van der Waals surface area contributed by atoms with Gasteiger partial charge in [-0.15, -0.1) is 11.3 Å². The van der Waals surface area contributed by atoms with Gasteiger partial charge in [0.05, 0.1) is 19.2 Å². The highest BCUT2D eigenvalue weighted by Crippen LogP contribution is 2.27. The first-order valence-corrected chi connectivity index (χ1v) is 6.72. The van der Waals surface area contributed by atoms with E-state index in [-0.39, 0.29) is 12.4 Å². The molecular formula is C14H15NO2S. The lowest BCUT2D eigenvalue weighted by Crippen LogP contribution is -2.04. The van der Waals surface area contributed by atoms with Crippen LogP contribution in [-0.2, 0) is 22.4 Å². The van der Waals surface area contributed by atoms with Gasteiger partial charge in [-0.25, -0.2) is 4.98 Å². The van der Waals surface area contributed by atoms with Crippen molar-refractivity contribution in [2.45, 2.75) is 19.8 Å². The summed E-state index contributed by atoms with van der Waals surface area (Å²) < 4.78 is 4.64. The van der Waals surface area contributed by atoms with Crippen LogP contribution in [0, 0.1) is 0 Å². The van der Waals surface area contributed by atoms with Gasteiger partial charge in [-0.2, -0.15) is 0 Å². The van der Waals surface area contributed by atoms with Gasteiger partial charge in [-0.1, -0.05) is 31.2 Å². The molecule has 1 aromatic carbocycles. The van der Waals surface area contributed by atoms with E-state index in [1.807, 2.05) is 17.5 Å². The number of rotatable bonds is 4. The van der Waals surface area contributed by atoms with Crippen LogP contribution in [0.1, 0.15) is 18.2 Å². The Labute approximate surface area is 110 Å². The lowest BCUT2D eigenvalue weighted by Gasteiger charge is -2.03. The number of aromatic nitrogens is 1. The first-order chi connectivity index (χ1) is 8.74. The molecule has 4 heteroatoms.